The van der Waals surface area contributed by atoms with Crippen LogP contribution in [0.1, 0.15) is 48.2 Å². The molecule has 9 nitrogen and oxygen atoms in total. The van der Waals surface area contributed by atoms with Gasteiger partial charge in [-0.1, -0.05) is 19.3 Å². The van der Waals surface area contributed by atoms with Crippen LogP contribution in [0, 0.1) is 0 Å². The van der Waals surface area contributed by atoms with Crippen molar-refractivity contribution in [2.45, 2.75) is 44.2 Å². The molecule has 2 aromatic heterocycles. The molecule has 34 heavy (non-hydrogen) atoms. The lowest BCUT2D eigenvalue weighted by molar-refractivity contribution is -0.133. The smallest absolute Gasteiger partial charge is 0.253 e. The molecule has 2 amide bonds. The summed E-state index contributed by atoms with van der Waals surface area (Å²) < 4.78 is 2.17. The standard InChI is InChI=1S/C25H29N7O2/c33-22(31-12-10-26-11-13-31)17-4-6-19(7-5-17)29-24-28-15-18-14-20-16-27-23(34)25(8-2-1-3-9-25)32(20)21(18)30-24/h4-7,14-15,26H,1-3,8-13,16H2,(H,27,34)(H,28,29,30). The minimum absolute atomic E-state index is 0.0570. The van der Waals surface area contributed by atoms with Gasteiger partial charge in [0.1, 0.15) is 11.2 Å². The van der Waals surface area contributed by atoms with Crippen molar-refractivity contribution in [3.8, 4) is 0 Å². The molecule has 9 heteroatoms. The van der Waals surface area contributed by atoms with Crippen molar-refractivity contribution in [1.29, 1.82) is 0 Å². The highest BCUT2D eigenvalue weighted by Gasteiger charge is 2.45. The Hall–Kier alpha value is -3.46. The first-order chi connectivity index (χ1) is 16.6. The molecule has 0 radical (unpaired) electrons. The number of carbonyl (C=O) groups excluding carboxylic acids is 2. The summed E-state index contributed by atoms with van der Waals surface area (Å²) in [6.45, 7) is 3.64. The van der Waals surface area contributed by atoms with Gasteiger partial charge >= 0.3 is 0 Å². The first-order valence-corrected chi connectivity index (χ1v) is 12.2. The van der Waals surface area contributed by atoms with Crippen LogP contribution in [0.25, 0.3) is 11.0 Å². The van der Waals surface area contributed by atoms with Crippen molar-refractivity contribution >= 4 is 34.5 Å². The van der Waals surface area contributed by atoms with Crippen LogP contribution < -0.4 is 16.0 Å². The highest BCUT2D eigenvalue weighted by Crippen LogP contribution is 2.41. The number of benzene rings is 1. The number of nitrogens with one attached hydrogen (secondary N) is 3. The van der Waals surface area contributed by atoms with E-state index in [1.54, 1.807) is 0 Å². The summed E-state index contributed by atoms with van der Waals surface area (Å²) in [7, 11) is 0. The molecule has 1 saturated carbocycles. The number of anilines is 2. The average Bonchev–Trinajstić information content (AvgIpc) is 3.26. The lowest BCUT2D eigenvalue weighted by Gasteiger charge is -2.41. The molecule has 3 aliphatic rings. The number of amides is 2. The SMILES string of the molecule is O=C(c1ccc(Nc2ncc3cc4n(c3n2)C2(CCCCC2)C(=O)NC4)cc1)N1CCNCC1. The van der Waals surface area contributed by atoms with Crippen LogP contribution in [-0.4, -0.2) is 57.4 Å². The zero-order chi connectivity index (χ0) is 23.1. The quantitative estimate of drug-likeness (QED) is 0.556. The molecule has 1 aromatic carbocycles. The second kappa shape index (κ2) is 8.39. The van der Waals surface area contributed by atoms with Crippen molar-refractivity contribution in [1.82, 2.24) is 30.1 Å². The fourth-order valence-corrected chi connectivity index (χ4v) is 5.61. The van der Waals surface area contributed by atoms with Crippen LogP contribution in [0.4, 0.5) is 11.6 Å². The van der Waals surface area contributed by atoms with E-state index in [2.05, 4.69) is 31.6 Å². The van der Waals surface area contributed by atoms with Gasteiger partial charge in [0.2, 0.25) is 11.9 Å². The van der Waals surface area contributed by atoms with Gasteiger partial charge in [-0.05, 0) is 43.2 Å². The van der Waals surface area contributed by atoms with Gasteiger partial charge in [-0.25, -0.2) is 4.98 Å². The molecular weight excluding hydrogens is 430 g/mol. The minimum atomic E-state index is -0.550. The van der Waals surface area contributed by atoms with Gasteiger partial charge in [-0.3, -0.25) is 9.59 Å². The fourth-order valence-electron chi connectivity index (χ4n) is 5.61. The van der Waals surface area contributed by atoms with Gasteiger partial charge in [0.25, 0.3) is 5.91 Å². The number of rotatable bonds is 3. The first kappa shape index (κ1) is 21.1. The molecule has 0 bridgehead atoms. The summed E-state index contributed by atoms with van der Waals surface area (Å²) in [6, 6.07) is 9.53. The Kier molecular flexibility index (Phi) is 5.21. The lowest BCUT2D eigenvalue weighted by Crippen LogP contribution is -2.54. The van der Waals surface area contributed by atoms with E-state index >= 15 is 0 Å². The molecular formula is C25H29N7O2. The van der Waals surface area contributed by atoms with Crippen LogP contribution in [0.5, 0.6) is 0 Å². The summed E-state index contributed by atoms with van der Waals surface area (Å²) in [5, 5.41) is 10.6. The maximum absolute atomic E-state index is 13.0. The van der Waals surface area contributed by atoms with Gasteiger partial charge in [-0.2, -0.15) is 4.98 Å². The van der Waals surface area contributed by atoms with E-state index in [1.165, 1.54) is 6.42 Å². The molecule has 2 aliphatic heterocycles. The number of fused-ring (bicyclic) bond motifs is 4. The number of piperazine rings is 1. The topological polar surface area (TPSA) is 104 Å². The number of carbonyl (C=O) groups is 2. The van der Waals surface area contributed by atoms with E-state index in [4.69, 9.17) is 4.98 Å². The van der Waals surface area contributed by atoms with Crippen molar-refractivity contribution in [3.05, 3.63) is 47.8 Å². The highest BCUT2D eigenvalue weighted by molar-refractivity contribution is 5.94. The summed E-state index contributed by atoms with van der Waals surface area (Å²) >= 11 is 0. The van der Waals surface area contributed by atoms with Gasteiger partial charge < -0.3 is 25.4 Å². The molecule has 4 heterocycles. The summed E-state index contributed by atoms with van der Waals surface area (Å²) in [5.74, 6) is 0.642. The molecule has 1 saturated heterocycles. The van der Waals surface area contributed by atoms with Crippen LogP contribution in [0.2, 0.25) is 0 Å². The van der Waals surface area contributed by atoms with E-state index in [1.807, 2.05) is 35.4 Å². The molecule has 1 aliphatic carbocycles. The molecule has 0 unspecified atom stereocenters. The van der Waals surface area contributed by atoms with Crippen molar-refractivity contribution in [3.63, 3.8) is 0 Å². The molecule has 176 valence electrons. The van der Waals surface area contributed by atoms with Crippen molar-refractivity contribution in [2.75, 3.05) is 31.5 Å². The van der Waals surface area contributed by atoms with E-state index in [9.17, 15) is 9.59 Å². The number of aromatic nitrogens is 3. The third kappa shape index (κ3) is 3.51. The largest absolute Gasteiger partial charge is 0.348 e. The Morgan fingerprint density at radius 3 is 2.59 bits per heavy atom. The zero-order valence-electron chi connectivity index (χ0n) is 19.1. The second-order valence-electron chi connectivity index (χ2n) is 9.46. The molecule has 0 atom stereocenters. The molecule has 3 aromatic rings. The van der Waals surface area contributed by atoms with E-state index < -0.39 is 5.54 Å². The van der Waals surface area contributed by atoms with Gasteiger partial charge in [0.05, 0.1) is 6.54 Å². The normalized spacial score (nSPS) is 19.6. The van der Waals surface area contributed by atoms with Crippen LogP contribution in [0.15, 0.2) is 36.5 Å². The van der Waals surface area contributed by atoms with Crippen LogP contribution in [-0.2, 0) is 16.9 Å². The van der Waals surface area contributed by atoms with Crippen molar-refractivity contribution in [2.24, 2.45) is 0 Å². The molecule has 2 fully saturated rings. The Bertz CT molecular complexity index is 1240. The van der Waals surface area contributed by atoms with E-state index in [0.29, 0.717) is 18.1 Å². The predicted octanol–water partition coefficient (Wildman–Crippen LogP) is 2.51. The predicted molar refractivity (Wildman–Crippen MR) is 129 cm³/mol. The third-order valence-corrected chi connectivity index (χ3v) is 7.37. The van der Waals surface area contributed by atoms with E-state index in [0.717, 1.165) is 74.3 Å². The van der Waals surface area contributed by atoms with Crippen molar-refractivity contribution < 1.29 is 9.59 Å². The number of nitrogens with zero attached hydrogens (tertiary/aromatic N) is 4. The maximum atomic E-state index is 13.0. The molecule has 3 N–H and O–H groups in total. The monoisotopic (exact) mass is 459 g/mol. The summed E-state index contributed by atoms with van der Waals surface area (Å²) in [4.78, 5) is 37.0. The minimum Gasteiger partial charge on any atom is -0.348 e. The fraction of sp³-hybridized carbons (Fsp3) is 0.440. The Morgan fingerprint density at radius 2 is 1.82 bits per heavy atom. The van der Waals surface area contributed by atoms with Gasteiger partial charge in [-0.15, -0.1) is 0 Å². The van der Waals surface area contributed by atoms with E-state index in [-0.39, 0.29) is 11.8 Å². The molecule has 1 spiro atoms. The number of hydrogen-bond donors (Lipinski definition) is 3. The Morgan fingerprint density at radius 1 is 1.06 bits per heavy atom. The first-order valence-electron chi connectivity index (χ1n) is 12.2. The Labute approximate surface area is 197 Å². The maximum Gasteiger partial charge on any atom is 0.253 e. The summed E-state index contributed by atoms with van der Waals surface area (Å²) in [6.07, 6.45) is 6.75. The van der Waals surface area contributed by atoms with Crippen LogP contribution in [0.3, 0.4) is 0 Å². The highest BCUT2D eigenvalue weighted by atomic mass is 16.2. The second-order valence-corrected chi connectivity index (χ2v) is 9.46. The average molecular weight is 460 g/mol. The van der Waals surface area contributed by atoms with Crippen LogP contribution >= 0.6 is 0 Å². The lowest BCUT2D eigenvalue weighted by atomic mass is 9.79. The molecule has 6 rings (SSSR count). The zero-order valence-corrected chi connectivity index (χ0v) is 19.1. The van der Waals surface area contributed by atoms with Gasteiger partial charge in [0, 0.05) is 54.7 Å². The van der Waals surface area contributed by atoms with Gasteiger partial charge in [0.15, 0.2) is 0 Å². The summed E-state index contributed by atoms with van der Waals surface area (Å²) in [5.41, 5.74) is 2.82. The number of hydrogen-bond acceptors (Lipinski definition) is 6. The Balaban J connectivity index is 1.28. The third-order valence-electron chi connectivity index (χ3n) is 7.37.